The molecule has 0 heterocycles. The monoisotopic (exact) mass is 333 g/mol. The molecule has 26 heavy (non-hydrogen) atoms. The van der Waals surface area contributed by atoms with Gasteiger partial charge in [0.1, 0.15) is 0 Å². The van der Waals surface area contributed by atoms with E-state index in [1.807, 2.05) is 6.07 Å². The van der Waals surface area contributed by atoms with Crippen LogP contribution in [0.4, 0.5) is 5.69 Å². The summed E-state index contributed by atoms with van der Waals surface area (Å²) in [6.45, 7) is 0. The molecule has 0 aliphatic heterocycles. The number of fused-ring (bicyclic) bond motifs is 3. The van der Waals surface area contributed by atoms with Gasteiger partial charge in [-0.25, -0.2) is 0 Å². The smallest absolute Gasteiger partial charge is 0.0436 e. The van der Waals surface area contributed by atoms with Crippen LogP contribution in [0.3, 0.4) is 0 Å². The molecular formula is C25H19N. The number of hydrogen-bond acceptors (Lipinski definition) is 1. The topological polar surface area (TPSA) is 26.0 Å². The number of nitrogen functional groups attached to an aromatic ring is 1. The van der Waals surface area contributed by atoms with Gasteiger partial charge in [-0.3, -0.25) is 0 Å². The zero-order valence-electron chi connectivity index (χ0n) is 14.4. The van der Waals surface area contributed by atoms with Crippen LogP contribution in [-0.4, -0.2) is 0 Å². The minimum atomic E-state index is 0.905. The Labute approximate surface area is 153 Å². The van der Waals surface area contributed by atoms with Crippen LogP contribution in [0, 0.1) is 0 Å². The minimum Gasteiger partial charge on any atom is -0.398 e. The third kappa shape index (κ3) is 2.25. The Morgan fingerprint density at radius 2 is 1.12 bits per heavy atom. The highest BCUT2D eigenvalue weighted by atomic mass is 14.6. The van der Waals surface area contributed by atoms with Crippen molar-refractivity contribution in [2.75, 3.05) is 5.73 Å². The van der Waals surface area contributed by atoms with E-state index in [9.17, 15) is 0 Å². The van der Waals surface area contributed by atoms with Crippen LogP contribution in [0.5, 0.6) is 0 Å². The van der Waals surface area contributed by atoms with Crippen molar-refractivity contribution in [3.8, 4) is 33.4 Å². The molecule has 2 N–H and O–H groups in total. The van der Waals surface area contributed by atoms with Crippen LogP contribution in [0.1, 0.15) is 11.1 Å². The SMILES string of the molecule is Nc1c(-c2ccccc2-c2ccccc2)ccc2c1Cc1ccccc1-2. The number of nitrogens with two attached hydrogens (primary N) is 1. The molecule has 1 heteroatoms. The van der Waals surface area contributed by atoms with E-state index in [4.69, 9.17) is 5.73 Å². The molecule has 0 amide bonds. The molecule has 0 aromatic heterocycles. The largest absolute Gasteiger partial charge is 0.398 e. The maximum atomic E-state index is 6.69. The first-order chi connectivity index (χ1) is 12.8. The number of rotatable bonds is 2. The fourth-order valence-corrected chi connectivity index (χ4v) is 4.06. The highest BCUT2D eigenvalue weighted by Gasteiger charge is 2.22. The Balaban J connectivity index is 1.69. The first-order valence-corrected chi connectivity index (χ1v) is 8.97. The summed E-state index contributed by atoms with van der Waals surface area (Å²) in [7, 11) is 0. The number of benzene rings is 4. The van der Waals surface area contributed by atoms with Gasteiger partial charge in [0, 0.05) is 17.7 Å². The van der Waals surface area contributed by atoms with Crippen LogP contribution >= 0.6 is 0 Å². The van der Waals surface area contributed by atoms with Gasteiger partial charge in [0.25, 0.3) is 0 Å². The molecule has 0 spiro atoms. The van der Waals surface area contributed by atoms with Crippen molar-refractivity contribution in [1.29, 1.82) is 0 Å². The lowest BCUT2D eigenvalue weighted by Crippen LogP contribution is -1.97. The van der Waals surface area contributed by atoms with Gasteiger partial charge in [-0.1, -0.05) is 91.0 Å². The first-order valence-electron chi connectivity index (χ1n) is 8.97. The molecule has 0 bridgehead atoms. The predicted octanol–water partition coefficient (Wildman–Crippen LogP) is 6.17. The Morgan fingerprint density at radius 1 is 0.500 bits per heavy atom. The van der Waals surface area contributed by atoms with Crippen LogP contribution < -0.4 is 5.73 Å². The zero-order chi connectivity index (χ0) is 17.5. The van der Waals surface area contributed by atoms with Crippen molar-refractivity contribution in [3.63, 3.8) is 0 Å². The molecule has 5 rings (SSSR count). The normalized spacial score (nSPS) is 11.8. The van der Waals surface area contributed by atoms with Crippen LogP contribution in [0.15, 0.2) is 91.0 Å². The third-order valence-electron chi connectivity index (χ3n) is 5.33. The van der Waals surface area contributed by atoms with Gasteiger partial charge in [-0.05, 0) is 38.9 Å². The maximum Gasteiger partial charge on any atom is 0.0436 e. The molecular weight excluding hydrogens is 314 g/mol. The van der Waals surface area contributed by atoms with E-state index in [-0.39, 0.29) is 0 Å². The minimum absolute atomic E-state index is 0.905. The van der Waals surface area contributed by atoms with E-state index < -0.39 is 0 Å². The van der Waals surface area contributed by atoms with Crippen LogP contribution in [0.2, 0.25) is 0 Å². The molecule has 0 radical (unpaired) electrons. The molecule has 0 saturated heterocycles. The van der Waals surface area contributed by atoms with Crippen LogP contribution in [-0.2, 0) is 6.42 Å². The predicted molar refractivity (Wildman–Crippen MR) is 110 cm³/mol. The number of anilines is 1. The van der Waals surface area contributed by atoms with Gasteiger partial charge in [0.05, 0.1) is 0 Å². The second-order valence-corrected chi connectivity index (χ2v) is 6.80. The highest BCUT2D eigenvalue weighted by molar-refractivity contribution is 5.94. The molecule has 1 aliphatic rings. The lowest BCUT2D eigenvalue weighted by molar-refractivity contribution is 1.27. The van der Waals surface area contributed by atoms with Crippen molar-refractivity contribution < 1.29 is 0 Å². The standard InChI is InChI=1S/C25H19N/c26-25-23(15-14-22-20-12-5-4-10-18(20)16-24(22)25)21-13-7-6-11-19(21)17-8-2-1-3-9-17/h1-15H,16,26H2. The zero-order valence-corrected chi connectivity index (χ0v) is 14.4. The summed E-state index contributed by atoms with van der Waals surface area (Å²) >= 11 is 0. The van der Waals surface area contributed by atoms with Crippen molar-refractivity contribution >= 4 is 5.69 Å². The van der Waals surface area contributed by atoms with E-state index in [1.165, 1.54) is 38.9 Å². The summed E-state index contributed by atoms with van der Waals surface area (Å²) in [6, 6.07) is 32.0. The molecule has 124 valence electrons. The molecule has 0 unspecified atom stereocenters. The van der Waals surface area contributed by atoms with Crippen molar-refractivity contribution in [3.05, 3.63) is 102 Å². The Kier molecular flexibility index (Phi) is 3.39. The summed E-state index contributed by atoms with van der Waals surface area (Å²) in [5, 5.41) is 0. The Bertz CT molecular complexity index is 1110. The highest BCUT2D eigenvalue weighted by Crippen LogP contribution is 2.44. The van der Waals surface area contributed by atoms with Crippen molar-refractivity contribution in [2.24, 2.45) is 0 Å². The Morgan fingerprint density at radius 3 is 1.92 bits per heavy atom. The summed E-state index contributed by atoms with van der Waals surface area (Å²) in [6.07, 6.45) is 0.915. The average Bonchev–Trinajstić information content (AvgIpc) is 3.09. The third-order valence-corrected chi connectivity index (χ3v) is 5.33. The van der Waals surface area contributed by atoms with Gasteiger partial charge in [-0.15, -0.1) is 0 Å². The summed E-state index contributed by atoms with van der Waals surface area (Å²) < 4.78 is 0. The lowest BCUT2D eigenvalue weighted by atomic mass is 9.91. The van der Waals surface area contributed by atoms with Crippen molar-refractivity contribution in [1.82, 2.24) is 0 Å². The molecule has 0 atom stereocenters. The molecule has 1 nitrogen and oxygen atoms in total. The van der Waals surface area contributed by atoms with E-state index in [1.54, 1.807) is 0 Å². The molecule has 4 aromatic carbocycles. The van der Waals surface area contributed by atoms with Crippen molar-refractivity contribution in [2.45, 2.75) is 6.42 Å². The summed E-state index contributed by atoms with van der Waals surface area (Å²) in [5.74, 6) is 0. The first kappa shape index (κ1) is 15.0. The number of hydrogen-bond donors (Lipinski definition) is 1. The van der Waals surface area contributed by atoms with E-state index in [2.05, 4.69) is 84.9 Å². The average molecular weight is 333 g/mol. The van der Waals surface area contributed by atoms with E-state index >= 15 is 0 Å². The van der Waals surface area contributed by atoms with Gasteiger partial charge >= 0.3 is 0 Å². The lowest BCUT2D eigenvalue weighted by Gasteiger charge is -2.15. The van der Waals surface area contributed by atoms with Gasteiger partial charge in [-0.2, -0.15) is 0 Å². The second-order valence-electron chi connectivity index (χ2n) is 6.80. The van der Waals surface area contributed by atoms with Crippen LogP contribution in [0.25, 0.3) is 33.4 Å². The van der Waals surface area contributed by atoms with E-state index in [0.29, 0.717) is 0 Å². The Hall–Kier alpha value is -3.32. The van der Waals surface area contributed by atoms with E-state index in [0.717, 1.165) is 17.7 Å². The van der Waals surface area contributed by atoms with Gasteiger partial charge in [0.15, 0.2) is 0 Å². The molecule has 0 saturated carbocycles. The van der Waals surface area contributed by atoms with Gasteiger partial charge < -0.3 is 5.73 Å². The fraction of sp³-hybridized carbons (Fsp3) is 0.0400. The maximum absolute atomic E-state index is 6.69. The second kappa shape index (κ2) is 5.89. The summed E-state index contributed by atoms with van der Waals surface area (Å²) in [5.41, 5.74) is 17.6. The molecule has 4 aromatic rings. The van der Waals surface area contributed by atoms with Gasteiger partial charge in [0.2, 0.25) is 0 Å². The summed E-state index contributed by atoms with van der Waals surface area (Å²) in [4.78, 5) is 0. The molecule has 1 aliphatic carbocycles. The fourth-order valence-electron chi connectivity index (χ4n) is 4.06. The molecule has 0 fully saturated rings. The quantitative estimate of drug-likeness (QED) is 0.384.